The highest BCUT2D eigenvalue weighted by molar-refractivity contribution is 6.30. The molecule has 6 nitrogen and oxygen atoms in total. The fourth-order valence-corrected chi connectivity index (χ4v) is 1.47. The molecule has 7 heteroatoms. The number of pyridine rings is 1. The van der Waals surface area contributed by atoms with Crippen LogP contribution in [-0.2, 0) is 6.61 Å². The topological polar surface area (TPSA) is 94.0 Å². The maximum Gasteiger partial charge on any atom is 0.269 e. The van der Waals surface area contributed by atoms with Gasteiger partial charge in [-0.25, -0.2) is 9.67 Å². The molecule has 2 heterocycles. The highest BCUT2D eigenvalue weighted by Gasteiger charge is 2.14. The molecule has 0 fully saturated rings. The number of nitrogens with zero attached hydrogens (tertiary/aromatic N) is 3. The summed E-state index contributed by atoms with van der Waals surface area (Å²) in [5.41, 5.74) is 5.53. The van der Waals surface area contributed by atoms with Gasteiger partial charge in [-0.05, 0) is 12.1 Å². The average Bonchev–Trinajstić information content (AvgIpc) is 2.74. The molecule has 17 heavy (non-hydrogen) atoms. The lowest BCUT2D eigenvalue weighted by Gasteiger charge is -1.98. The number of rotatable bonds is 3. The molecular formula is C10H9ClN4O2. The largest absolute Gasteiger partial charge is 0.392 e. The van der Waals surface area contributed by atoms with Crippen molar-refractivity contribution in [1.29, 1.82) is 0 Å². The first kappa shape index (κ1) is 11.6. The third-order valence-electron chi connectivity index (χ3n) is 2.14. The molecule has 0 spiro atoms. The number of aliphatic hydroxyl groups is 1. The number of primary amides is 1. The number of halogens is 1. The van der Waals surface area contributed by atoms with Gasteiger partial charge in [-0.2, -0.15) is 5.10 Å². The Bertz CT molecular complexity index is 550. The van der Waals surface area contributed by atoms with Gasteiger partial charge in [0.15, 0.2) is 11.5 Å². The van der Waals surface area contributed by atoms with E-state index < -0.39 is 5.91 Å². The standard InChI is InChI=1S/C10H9ClN4O2/c11-7-1-2-8(13-3-7)15-4-6(5-16)9(14-15)10(12)17/h1-4,16H,5H2,(H2,12,17). The summed E-state index contributed by atoms with van der Waals surface area (Å²) in [7, 11) is 0. The van der Waals surface area contributed by atoms with Crippen LogP contribution in [0.4, 0.5) is 0 Å². The third kappa shape index (κ3) is 2.27. The molecule has 0 bridgehead atoms. The summed E-state index contributed by atoms with van der Waals surface area (Å²) in [6.07, 6.45) is 2.96. The third-order valence-corrected chi connectivity index (χ3v) is 2.36. The molecule has 2 rings (SSSR count). The van der Waals surface area contributed by atoms with Crippen LogP contribution in [0.5, 0.6) is 0 Å². The van der Waals surface area contributed by atoms with Gasteiger partial charge < -0.3 is 10.8 Å². The zero-order chi connectivity index (χ0) is 12.4. The summed E-state index contributed by atoms with van der Waals surface area (Å²) in [5, 5.41) is 13.5. The maximum atomic E-state index is 11.1. The summed E-state index contributed by atoms with van der Waals surface area (Å²) in [6.45, 7) is -0.314. The zero-order valence-corrected chi connectivity index (χ0v) is 9.42. The number of nitrogens with two attached hydrogens (primary N) is 1. The van der Waals surface area contributed by atoms with Crippen LogP contribution in [0, 0.1) is 0 Å². The Kier molecular flexibility index (Phi) is 3.08. The SMILES string of the molecule is NC(=O)c1nn(-c2ccc(Cl)cn2)cc1CO. The minimum Gasteiger partial charge on any atom is -0.392 e. The van der Waals surface area contributed by atoms with Crippen molar-refractivity contribution >= 4 is 17.5 Å². The second-order valence-corrected chi connectivity index (χ2v) is 3.74. The molecule has 0 aliphatic heterocycles. The lowest BCUT2D eigenvalue weighted by molar-refractivity contribution is 0.0992. The molecule has 2 aromatic heterocycles. The molecule has 0 atom stereocenters. The van der Waals surface area contributed by atoms with Gasteiger partial charge in [0.2, 0.25) is 0 Å². The minimum atomic E-state index is -0.693. The Balaban J connectivity index is 2.46. The molecule has 0 unspecified atom stereocenters. The van der Waals surface area contributed by atoms with Crippen LogP contribution < -0.4 is 5.73 Å². The van der Waals surface area contributed by atoms with Crippen molar-refractivity contribution in [3.63, 3.8) is 0 Å². The Hall–Kier alpha value is -1.92. The van der Waals surface area contributed by atoms with Crippen molar-refractivity contribution in [3.05, 3.63) is 40.8 Å². The van der Waals surface area contributed by atoms with E-state index in [1.807, 2.05) is 0 Å². The van der Waals surface area contributed by atoms with E-state index in [4.69, 9.17) is 22.4 Å². The second-order valence-electron chi connectivity index (χ2n) is 3.30. The zero-order valence-electron chi connectivity index (χ0n) is 8.67. The summed E-state index contributed by atoms with van der Waals surface area (Å²) in [4.78, 5) is 15.1. The summed E-state index contributed by atoms with van der Waals surface area (Å²) in [5.74, 6) is -0.210. The van der Waals surface area contributed by atoms with Crippen LogP contribution in [0.25, 0.3) is 5.82 Å². The Morgan fingerprint density at radius 2 is 2.29 bits per heavy atom. The van der Waals surface area contributed by atoms with Gasteiger partial charge in [0, 0.05) is 18.0 Å². The number of carbonyl (C=O) groups is 1. The van der Waals surface area contributed by atoms with Crippen molar-refractivity contribution in [2.45, 2.75) is 6.61 Å². The fraction of sp³-hybridized carbons (Fsp3) is 0.100. The second kappa shape index (κ2) is 4.52. The molecule has 0 aromatic carbocycles. The van der Waals surface area contributed by atoms with Crippen molar-refractivity contribution in [1.82, 2.24) is 14.8 Å². The number of hydrogen-bond acceptors (Lipinski definition) is 4. The first-order valence-electron chi connectivity index (χ1n) is 4.73. The van der Waals surface area contributed by atoms with Crippen molar-refractivity contribution < 1.29 is 9.90 Å². The number of aromatic nitrogens is 3. The van der Waals surface area contributed by atoms with E-state index in [-0.39, 0.29) is 12.3 Å². The molecule has 88 valence electrons. The van der Waals surface area contributed by atoms with Crippen LogP contribution >= 0.6 is 11.6 Å². The monoisotopic (exact) mass is 252 g/mol. The van der Waals surface area contributed by atoms with E-state index in [0.29, 0.717) is 16.4 Å². The van der Waals surface area contributed by atoms with E-state index >= 15 is 0 Å². The number of amides is 1. The van der Waals surface area contributed by atoms with Crippen LogP contribution in [0.15, 0.2) is 24.5 Å². The van der Waals surface area contributed by atoms with Crippen LogP contribution in [0.3, 0.4) is 0 Å². The quantitative estimate of drug-likeness (QED) is 0.832. The van der Waals surface area contributed by atoms with Crippen LogP contribution in [0.1, 0.15) is 16.1 Å². The van der Waals surface area contributed by atoms with Gasteiger partial charge in [0.1, 0.15) is 0 Å². The van der Waals surface area contributed by atoms with Crippen LogP contribution in [-0.4, -0.2) is 25.8 Å². The lowest BCUT2D eigenvalue weighted by atomic mass is 10.2. The van der Waals surface area contributed by atoms with Gasteiger partial charge in [0.05, 0.1) is 11.6 Å². The Labute approximate surface area is 102 Å². The van der Waals surface area contributed by atoms with E-state index in [9.17, 15) is 4.79 Å². The normalized spacial score (nSPS) is 10.5. The number of hydrogen-bond donors (Lipinski definition) is 2. The van der Waals surface area contributed by atoms with Gasteiger partial charge in [-0.15, -0.1) is 0 Å². The average molecular weight is 253 g/mol. The smallest absolute Gasteiger partial charge is 0.269 e. The molecular weight excluding hydrogens is 244 g/mol. The molecule has 0 saturated heterocycles. The molecule has 0 aliphatic carbocycles. The lowest BCUT2D eigenvalue weighted by Crippen LogP contribution is -2.14. The summed E-state index contributed by atoms with van der Waals surface area (Å²) >= 11 is 5.71. The Morgan fingerprint density at radius 3 is 2.76 bits per heavy atom. The van der Waals surface area contributed by atoms with Crippen LogP contribution in [0.2, 0.25) is 5.02 Å². The van der Waals surface area contributed by atoms with E-state index in [0.717, 1.165) is 0 Å². The first-order chi connectivity index (χ1) is 8.11. The summed E-state index contributed by atoms with van der Waals surface area (Å²) < 4.78 is 1.36. The minimum absolute atomic E-state index is 0.0317. The number of aliphatic hydroxyl groups excluding tert-OH is 1. The molecule has 1 amide bonds. The van der Waals surface area contributed by atoms with Crippen molar-refractivity contribution in [2.75, 3.05) is 0 Å². The van der Waals surface area contributed by atoms with Gasteiger partial charge in [-0.3, -0.25) is 4.79 Å². The highest BCUT2D eigenvalue weighted by Crippen LogP contribution is 2.13. The molecule has 0 saturated carbocycles. The highest BCUT2D eigenvalue weighted by atomic mass is 35.5. The Morgan fingerprint density at radius 1 is 1.53 bits per heavy atom. The molecule has 3 N–H and O–H groups in total. The van der Waals surface area contributed by atoms with Gasteiger partial charge >= 0.3 is 0 Å². The fourth-order valence-electron chi connectivity index (χ4n) is 1.35. The molecule has 2 aromatic rings. The molecule has 0 aliphatic rings. The van der Waals surface area contributed by atoms with Crippen molar-refractivity contribution in [2.24, 2.45) is 5.73 Å². The van der Waals surface area contributed by atoms with Gasteiger partial charge in [0.25, 0.3) is 5.91 Å². The van der Waals surface area contributed by atoms with Crippen molar-refractivity contribution in [3.8, 4) is 5.82 Å². The van der Waals surface area contributed by atoms with E-state index in [1.54, 1.807) is 12.1 Å². The number of carbonyl (C=O) groups excluding carboxylic acids is 1. The predicted octanol–water partition coefficient (Wildman–Crippen LogP) is 0.512. The van der Waals surface area contributed by atoms with Gasteiger partial charge in [-0.1, -0.05) is 11.6 Å². The molecule has 0 radical (unpaired) electrons. The van der Waals surface area contributed by atoms with E-state index in [2.05, 4.69) is 10.1 Å². The van der Waals surface area contributed by atoms with E-state index in [1.165, 1.54) is 17.1 Å². The first-order valence-corrected chi connectivity index (χ1v) is 5.10. The summed E-state index contributed by atoms with van der Waals surface area (Å²) in [6, 6.07) is 3.29. The predicted molar refractivity (Wildman–Crippen MR) is 60.8 cm³/mol. The maximum absolute atomic E-state index is 11.1.